The van der Waals surface area contributed by atoms with Crippen LogP contribution in [-0.4, -0.2) is 13.2 Å². The minimum atomic E-state index is -0.370. The monoisotopic (exact) mass is 258 g/mol. The molecule has 0 bridgehead atoms. The Morgan fingerprint density at radius 3 is 2.79 bits per heavy atom. The topological polar surface area (TPSA) is 52.0 Å². The molecule has 0 saturated carbocycles. The fourth-order valence-corrected chi connectivity index (χ4v) is 2.28. The van der Waals surface area contributed by atoms with Crippen LogP contribution in [0.2, 0.25) is 0 Å². The summed E-state index contributed by atoms with van der Waals surface area (Å²) in [5.41, 5.74) is 0.981. The highest BCUT2D eigenvalue weighted by Gasteiger charge is 2.41. The van der Waals surface area contributed by atoms with Gasteiger partial charge in [-0.2, -0.15) is 0 Å². The standard InChI is InChI=1S/C15H14O4/c1-3-4-11-15(18-11)13-10(17-2)7-5-9-6-8-12(16)19-14(9)13/h3-8,11,15H,1-2H3. The van der Waals surface area contributed by atoms with Crippen molar-refractivity contribution in [2.45, 2.75) is 19.1 Å². The third-order valence-electron chi connectivity index (χ3n) is 3.20. The lowest BCUT2D eigenvalue weighted by atomic mass is 10.0. The van der Waals surface area contributed by atoms with Gasteiger partial charge >= 0.3 is 5.63 Å². The molecule has 0 N–H and O–H groups in total. The van der Waals surface area contributed by atoms with Gasteiger partial charge in [0.05, 0.1) is 12.7 Å². The SMILES string of the molecule is CC=CC1OC1c1c(OC)ccc2ccc(=O)oc12. The van der Waals surface area contributed by atoms with Gasteiger partial charge in [0.1, 0.15) is 23.5 Å². The smallest absolute Gasteiger partial charge is 0.336 e. The molecule has 2 aromatic rings. The highest BCUT2D eigenvalue weighted by atomic mass is 16.6. The van der Waals surface area contributed by atoms with E-state index in [0.29, 0.717) is 11.3 Å². The number of benzene rings is 1. The molecule has 1 saturated heterocycles. The molecule has 2 heterocycles. The van der Waals surface area contributed by atoms with E-state index in [0.717, 1.165) is 10.9 Å². The van der Waals surface area contributed by atoms with Crippen molar-refractivity contribution in [1.29, 1.82) is 0 Å². The van der Waals surface area contributed by atoms with Gasteiger partial charge in [-0.3, -0.25) is 0 Å². The van der Waals surface area contributed by atoms with Crippen LogP contribution < -0.4 is 10.4 Å². The van der Waals surface area contributed by atoms with E-state index in [2.05, 4.69) is 0 Å². The van der Waals surface area contributed by atoms with Gasteiger partial charge in [-0.15, -0.1) is 0 Å². The van der Waals surface area contributed by atoms with Crippen LogP contribution in [0.15, 0.2) is 45.6 Å². The summed E-state index contributed by atoms with van der Waals surface area (Å²) in [6.07, 6.45) is 3.83. The predicted octanol–water partition coefficient (Wildman–Crippen LogP) is 2.82. The van der Waals surface area contributed by atoms with E-state index in [1.165, 1.54) is 6.07 Å². The molecule has 1 fully saturated rings. The molecule has 0 amide bonds. The Morgan fingerprint density at radius 2 is 2.05 bits per heavy atom. The summed E-state index contributed by atoms with van der Waals surface area (Å²) in [7, 11) is 1.60. The van der Waals surface area contributed by atoms with Crippen LogP contribution in [0.1, 0.15) is 18.6 Å². The van der Waals surface area contributed by atoms with E-state index in [1.807, 2.05) is 31.2 Å². The first kappa shape index (κ1) is 12.0. The number of fused-ring (bicyclic) bond motifs is 1. The van der Waals surface area contributed by atoms with Gasteiger partial charge in [0.25, 0.3) is 0 Å². The van der Waals surface area contributed by atoms with Gasteiger partial charge in [0.15, 0.2) is 0 Å². The van der Waals surface area contributed by atoms with Crippen LogP contribution in [0.25, 0.3) is 11.0 Å². The highest BCUT2D eigenvalue weighted by molar-refractivity contribution is 5.83. The van der Waals surface area contributed by atoms with Crippen molar-refractivity contribution in [3.05, 3.63) is 52.4 Å². The Morgan fingerprint density at radius 1 is 1.26 bits per heavy atom. The second-order valence-corrected chi connectivity index (χ2v) is 4.40. The average molecular weight is 258 g/mol. The Hall–Kier alpha value is -2.07. The van der Waals surface area contributed by atoms with Crippen LogP contribution in [0, 0.1) is 0 Å². The number of ether oxygens (including phenoxy) is 2. The largest absolute Gasteiger partial charge is 0.496 e. The van der Waals surface area contributed by atoms with Gasteiger partial charge in [0, 0.05) is 11.5 Å². The van der Waals surface area contributed by atoms with E-state index in [9.17, 15) is 4.79 Å². The molecule has 2 unspecified atom stereocenters. The molecule has 19 heavy (non-hydrogen) atoms. The number of hydrogen-bond donors (Lipinski definition) is 0. The molecular formula is C15H14O4. The Bertz CT molecular complexity index is 699. The molecule has 1 aliphatic rings. The van der Waals surface area contributed by atoms with Crippen LogP contribution in [-0.2, 0) is 4.74 Å². The van der Waals surface area contributed by atoms with Crippen LogP contribution in [0.4, 0.5) is 0 Å². The van der Waals surface area contributed by atoms with E-state index < -0.39 is 0 Å². The van der Waals surface area contributed by atoms with Crippen LogP contribution >= 0.6 is 0 Å². The number of epoxide rings is 1. The maximum atomic E-state index is 11.4. The number of allylic oxidation sites excluding steroid dienone is 1. The zero-order valence-corrected chi connectivity index (χ0v) is 10.8. The molecule has 1 aromatic carbocycles. The molecule has 4 nitrogen and oxygen atoms in total. The van der Waals surface area contributed by atoms with Crippen LogP contribution in [0.5, 0.6) is 5.75 Å². The van der Waals surface area contributed by atoms with Crippen molar-refractivity contribution in [2.75, 3.05) is 7.11 Å². The Kier molecular flexibility index (Phi) is 2.87. The maximum Gasteiger partial charge on any atom is 0.336 e. The summed E-state index contributed by atoms with van der Waals surface area (Å²) < 4.78 is 16.3. The van der Waals surface area contributed by atoms with Gasteiger partial charge in [-0.1, -0.05) is 12.2 Å². The molecule has 1 aliphatic heterocycles. The third-order valence-corrected chi connectivity index (χ3v) is 3.20. The summed E-state index contributed by atoms with van der Waals surface area (Å²) in [5, 5.41) is 0.866. The predicted molar refractivity (Wildman–Crippen MR) is 71.5 cm³/mol. The zero-order chi connectivity index (χ0) is 13.4. The van der Waals surface area contributed by atoms with Crippen molar-refractivity contribution >= 4 is 11.0 Å². The first-order chi connectivity index (χ1) is 9.24. The summed E-state index contributed by atoms with van der Waals surface area (Å²) in [6, 6.07) is 6.90. The van der Waals surface area contributed by atoms with E-state index in [-0.39, 0.29) is 17.8 Å². The first-order valence-electron chi connectivity index (χ1n) is 6.13. The molecule has 0 spiro atoms. The lowest BCUT2D eigenvalue weighted by molar-refractivity contribution is 0.372. The Balaban J connectivity index is 2.19. The molecule has 2 atom stereocenters. The lowest BCUT2D eigenvalue weighted by Crippen LogP contribution is -1.99. The third kappa shape index (κ3) is 2.04. The minimum Gasteiger partial charge on any atom is -0.496 e. The van der Waals surface area contributed by atoms with Crippen molar-refractivity contribution in [2.24, 2.45) is 0 Å². The molecular weight excluding hydrogens is 244 g/mol. The second-order valence-electron chi connectivity index (χ2n) is 4.40. The molecule has 4 heteroatoms. The van der Waals surface area contributed by atoms with E-state index in [4.69, 9.17) is 13.9 Å². The molecule has 0 radical (unpaired) electrons. The zero-order valence-electron chi connectivity index (χ0n) is 10.8. The van der Waals surface area contributed by atoms with Crippen LogP contribution in [0.3, 0.4) is 0 Å². The van der Waals surface area contributed by atoms with Gasteiger partial charge in [-0.05, 0) is 25.1 Å². The number of methoxy groups -OCH3 is 1. The molecule has 3 rings (SSSR count). The summed E-state index contributed by atoms with van der Waals surface area (Å²) in [4.78, 5) is 11.4. The maximum absolute atomic E-state index is 11.4. The minimum absolute atomic E-state index is 0.0232. The van der Waals surface area contributed by atoms with Crippen molar-refractivity contribution in [1.82, 2.24) is 0 Å². The number of rotatable bonds is 3. The van der Waals surface area contributed by atoms with Gasteiger partial charge in [0.2, 0.25) is 0 Å². The van der Waals surface area contributed by atoms with Crippen molar-refractivity contribution in [3.63, 3.8) is 0 Å². The molecule has 1 aromatic heterocycles. The average Bonchev–Trinajstić information content (AvgIpc) is 3.16. The fourth-order valence-electron chi connectivity index (χ4n) is 2.28. The molecule has 98 valence electrons. The lowest BCUT2D eigenvalue weighted by Gasteiger charge is -2.08. The number of hydrogen-bond acceptors (Lipinski definition) is 4. The van der Waals surface area contributed by atoms with E-state index >= 15 is 0 Å². The van der Waals surface area contributed by atoms with Gasteiger partial charge < -0.3 is 13.9 Å². The highest BCUT2D eigenvalue weighted by Crippen LogP contribution is 2.46. The second kappa shape index (κ2) is 4.55. The fraction of sp³-hybridized carbons (Fsp3) is 0.267. The summed E-state index contributed by atoms with van der Waals surface area (Å²) in [6.45, 7) is 1.94. The van der Waals surface area contributed by atoms with E-state index in [1.54, 1.807) is 13.2 Å². The van der Waals surface area contributed by atoms with Crippen molar-refractivity contribution in [3.8, 4) is 5.75 Å². The first-order valence-corrected chi connectivity index (χ1v) is 6.13. The summed E-state index contributed by atoms with van der Waals surface area (Å²) in [5.74, 6) is 0.679. The normalized spacial score (nSPS) is 22.0. The Labute approximate surface area is 110 Å². The molecule has 0 aliphatic carbocycles. The van der Waals surface area contributed by atoms with Crippen molar-refractivity contribution < 1.29 is 13.9 Å². The van der Waals surface area contributed by atoms with Gasteiger partial charge in [-0.25, -0.2) is 4.79 Å². The quantitative estimate of drug-likeness (QED) is 0.482. The summed E-state index contributed by atoms with van der Waals surface area (Å²) >= 11 is 0.